The fourth-order valence-corrected chi connectivity index (χ4v) is 3.43. The lowest BCUT2D eigenvalue weighted by atomic mass is 9.88. The van der Waals surface area contributed by atoms with E-state index in [0.29, 0.717) is 16.5 Å². The van der Waals surface area contributed by atoms with Crippen molar-refractivity contribution in [2.75, 3.05) is 6.61 Å². The minimum Gasteiger partial charge on any atom is -0.480 e. The van der Waals surface area contributed by atoms with Crippen molar-refractivity contribution in [2.24, 2.45) is 0 Å². The van der Waals surface area contributed by atoms with Crippen LogP contribution in [0, 0.1) is 10.1 Å². The van der Waals surface area contributed by atoms with Gasteiger partial charge in [-0.15, -0.1) is 0 Å². The molecule has 0 aliphatic carbocycles. The van der Waals surface area contributed by atoms with Crippen LogP contribution < -0.4 is 5.32 Å². The van der Waals surface area contributed by atoms with E-state index in [1.165, 1.54) is 30.5 Å². The molecule has 0 saturated heterocycles. The third-order valence-corrected chi connectivity index (χ3v) is 5.03. The highest BCUT2D eigenvalue weighted by atomic mass is 16.6. The predicted molar refractivity (Wildman–Crippen MR) is 118 cm³/mol. The van der Waals surface area contributed by atoms with Crippen molar-refractivity contribution in [2.45, 2.75) is 25.3 Å². The molecule has 2 N–H and O–H groups in total. The van der Waals surface area contributed by atoms with Crippen molar-refractivity contribution in [3.8, 4) is 0 Å². The monoisotopic (exact) mass is 451 g/mol. The number of aromatic nitrogens is 1. The topological polar surface area (TPSA) is 149 Å². The molecule has 33 heavy (non-hydrogen) atoms. The maximum absolute atomic E-state index is 12.9. The van der Waals surface area contributed by atoms with Gasteiger partial charge in [-0.1, -0.05) is 30.3 Å². The first-order chi connectivity index (χ1) is 15.8. The Hall–Kier alpha value is -4.34. The number of benzene rings is 2. The number of hydrogen-bond acceptors (Lipinski definition) is 7. The number of fused-ring (bicyclic) bond motifs is 1. The normalized spacial score (nSPS) is 12.5. The number of para-hydroxylation sites is 1. The SMILES string of the molecule is CCOC(=O)C[C@@H](c1ccc([N+](=O)[O-])cc1)[C@H](NC(=O)c1cnc2ccccc2c1)C(=O)O. The van der Waals surface area contributed by atoms with Crippen LogP contribution in [-0.4, -0.2) is 45.5 Å². The zero-order valence-electron chi connectivity index (χ0n) is 17.6. The van der Waals surface area contributed by atoms with Crippen LogP contribution in [-0.2, 0) is 14.3 Å². The van der Waals surface area contributed by atoms with E-state index < -0.39 is 34.7 Å². The van der Waals surface area contributed by atoms with Crippen molar-refractivity contribution in [1.82, 2.24) is 10.3 Å². The number of pyridine rings is 1. The summed E-state index contributed by atoms with van der Waals surface area (Å²) in [4.78, 5) is 51.8. The summed E-state index contributed by atoms with van der Waals surface area (Å²) in [6, 6.07) is 12.4. The molecule has 0 saturated carbocycles. The second-order valence-electron chi connectivity index (χ2n) is 7.17. The molecular formula is C23H21N3O7. The summed E-state index contributed by atoms with van der Waals surface area (Å²) in [5.41, 5.74) is 0.971. The summed E-state index contributed by atoms with van der Waals surface area (Å²) < 4.78 is 4.96. The maximum atomic E-state index is 12.9. The molecule has 0 aliphatic rings. The molecule has 3 aromatic rings. The Morgan fingerprint density at radius 3 is 2.48 bits per heavy atom. The number of non-ortho nitro benzene ring substituents is 1. The summed E-state index contributed by atoms with van der Waals surface area (Å²) >= 11 is 0. The Balaban J connectivity index is 1.92. The van der Waals surface area contributed by atoms with Gasteiger partial charge in [-0.25, -0.2) is 4.79 Å². The number of carbonyl (C=O) groups is 3. The third kappa shape index (κ3) is 5.67. The molecule has 0 spiro atoms. The summed E-state index contributed by atoms with van der Waals surface area (Å²) in [6.45, 7) is 1.71. The third-order valence-electron chi connectivity index (χ3n) is 5.03. The van der Waals surface area contributed by atoms with Gasteiger partial charge in [0.15, 0.2) is 0 Å². The molecular weight excluding hydrogens is 430 g/mol. The van der Waals surface area contributed by atoms with Gasteiger partial charge in [0.2, 0.25) is 0 Å². The largest absolute Gasteiger partial charge is 0.480 e. The number of aliphatic carboxylic acids is 1. The van der Waals surface area contributed by atoms with E-state index in [1.807, 2.05) is 0 Å². The minimum absolute atomic E-state index is 0.0959. The Morgan fingerprint density at radius 1 is 1.15 bits per heavy atom. The van der Waals surface area contributed by atoms with E-state index in [4.69, 9.17) is 4.74 Å². The van der Waals surface area contributed by atoms with Gasteiger partial charge in [-0.3, -0.25) is 24.7 Å². The molecule has 1 heterocycles. The highest BCUT2D eigenvalue weighted by molar-refractivity contribution is 5.99. The second-order valence-corrected chi connectivity index (χ2v) is 7.17. The minimum atomic E-state index is -1.50. The smallest absolute Gasteiger partial charge is 0.326 e. The average molecular weight is 451 g/mol. The summed E-state index contributed by atoms with van der Waals surface area (Å²) in [5, 5.41) is 24.0. The van der Waals surface area contributed by atoms with Crippen LogP contribution in [0.5, 0.6) is 0 Å². The van der Waals surface area contributed by atoms with Gasteiger partial charge in [-0.05, 0) is 24.6 Å². The van der Waals surface area contributed by atoms with Crippen molar-refractivity contribution >= 4 is 34.4 Å². The molecule has 0 radical (unpaired) electrons. The standard InChI is InChI=1S/C23H21N3O7/c1-2-33-20(27)12-18(14-7-9-17(10-8-14)26(31)32)21(23(29)30)25-22(28)16-11-15-5-3-4-6-19(15)24-13-16/h3-11,13,18,21H,2,12H2,1H3,(H,25,28)(H,29,30)/t18-,21-/m0/s1. The number of carboxylic acid groups (broad SMARTS) is 1. The summed E-state index contributed by atoms with van der Waals surface area (Å²) in [6.07, 6.45) is 0.988. The fourth-order valence-electron chi connectivity index (χ4n) is 3.43. The number of carboxylic acids is 1. The fraction of sp³-hybridized carbons (Fsp3) is 0.217. The first-order valence-electron chi connectivity index (χ1n) is 10.1. The zero-order chi connectivity index (χ0) is 24.0. The zero-order valence-corrected chi connectivity index (χ0v) is 17.6. The van der Waals surface area contributed by atoms with Crippen LogP contribution in [0.1, 0.15) is 35.2 Å². The van der Waals surface area contributed by atoms with E-state index in [-0.39, 0.29) is 24.3 Å². The summed E-state index contributed by atoms with van der Waals surface area (Å²) in [5.74, 6) is -3.74. The molecule has 0 fully saturated rings. The van der Waals surface area contributed by atoms with Crippen molar-refractivity contribution in [1.29, 1.82) is 0 Å². The first kappa shape index (κ1) is 23.3. The van der Waals surface area contributed by atoms with Crippen molar-refractivity contribution in [3.05, 3.63) is 82.0 Å². The van der Waals surface area contributed by atoms with E-state index in [0.717, 1.165) is 0 Å². The van der Waals surface area contributed by atoms with Gasteiger partial charge in [0.25, 0.3) is 11.6 Å². The van der Waals surface area contributed by atoms with E-state index >= 15 is 0 Å². The molecule has 10 nitrogen and oxygen atoms in total. The van der Waals surface area contributed by atoms with E-state index in [1.54, 1.807) is 37.3 Å². The number of nitro groups is 1. The van der Waals surface area contributed by atoms with Crippen LogP contribution in [0.4, 0.5) is 5.69 Å². The molecule has 0 aliphatic heterocycles. The number of nitro benzene ring substituents is 1. The molecule has 170 valence electrons. The second kappa shape index (κ2) is 10.3. The van der Waals surface area contributed by atoms with E-state index in [9.17, 15) is 29.6 Å². The lowest BCUT2D eigenvalue weighted by Crippen LogP contribution is -2.45. The highest BCUT2D eigenvalue weighted by Gasteiger charge is 2.34. The van der Waals surface area contributed by atoms with Crippen LogP contribution in [0.25, 0.3) is 10.9 Å². The van der Waals surface area contributed by atoms with Crippen LogP contribution in [0.3, 0.4) is 0 Å². The quantitative estimate of drug-likeness (QED) is 0.286. The van der Waals surface area contributed by atoms with Crippen molar-refractivity contribution in [3.63, 3.8) is 0 Å². The Bertz CT molecular complexity index is 1190. The Labute approximate surface area is 188 Å². The lowest BCUT2D eigenvalue weighted by Gasteiger charge is -2.25. The number of esters is 1. The number of nitrogens with one attached hydrogen (secondary N) is 1. The number of hydrogen-bond donors (Lipinski definition) is 2. The molecule has 0 unspecified atom stereocenters. The molecule has 1 amide bonds. The summed E-state index contributed by atoms with van der Waals surface area (Å²) in [7, 11) is 0. The van der Waals surface area contributed by atoms with Crippen LogP contribution >= 0.6 is 0 Å². The first-order valence-corrected chi connectivity index (χ1v) is 10.1. The molecule has 0 bridgehead atoms. The Kier molecular flexibility index (Phi) is 7.29. The van der Waals surface area contributed by atoms with Gasteiger partial charge >= 0.3 is 11.9 Å². The molecule has 1 aromatic heterocycles. The van der Waals surface area contributed by atoms with Crippen LogP contribution in [0.2, 0.25) is 0 Å². The highest BCUT2D eigenvalue weighted by Crippen LogP contribution is 2.27. The maximum Gasteiger partial charge on any atom is 0.326 e. The predicted octanol–water partition coefficient (Wildman–Crippen LogP) is 3.06. The molecule has 3 rings (SSSR count). The van der Waals surface area contributed by atoms with Gasteiger partial charge in [0.1, 0.15) is 6.04 Å². The van der Waals surface area contributed by atoms with Crippen LogP contribution in [0.15, 0.2) is 60.8 Å². The number of carbonyl (C=O) groups excluding carboxylic acids is 2. The van der Waals surface area contributed by atoms with E-state index in [2.05, 4.69) is 10.3 Å². The molecule has 10 heteroatoms. The van der Waals surface area contributed by atoms with Gasteiger partial charge in [0.05, 0.1) is 29.0 Å². The molecule has 2 atom stereocenters. The van der Waals surface area contributed by atoms with Gasteiger partial charge < -0.3 is 15.2 Å². The number of amides is 1. The van der Waals surface area contributed by atoms with Gasteiger partial charge in [0, 0.05) is 29.6 Å². The lowest BCUT2D eigenvalue weighted by molar-refractivity contribution is -0.384. The number of ether oxygens (including phenoxy) is 1. The van der Waals surface area contributed by atoms with Gasteiger partial charge in [-0.2, -0.15) is 0 Å². The number of nitrogens with zero attached hydrogens (tertiary/aromatic N) is 2. The average Bonchev–Trinajstić information content (AvgIpc) is 2.81. The Morgan fingerprint density at radius 2 is 1.85 bits per heavy atom. The molecule has 2 aromatic carbocycles. The number of rotatable bonds is 9. The van der Waals surface area contributed by atoms with Crippen molar-refractivity contribution < 1.29 is 29.2 Å².